The van der Waals surface area contributed by atoms with Crippen LogP contribution in [-0.4, -0.2) is 38.8 Å². The topological polar surface area (TPSA) is 92.1 Å². The van der Waals surface area contributed by atoms with Gasteiger partial charge in [-0.2, -0.15) is 0 Å². The van der Waals surface area contributed by atoms with Gasteiger partial charge in [-0.15, -0.1) is 0 Å². The largest absolute Gasteiger partial charge is 0.449 e. The zero-order chi connectivity index (χ0) is 21.3. The molecule has 4 rings (SSSR count). The zero-order valence-electron chi connectivity index (χ0n) is 16.5. The van der Waals surface area contributed by atoms with Crippen molar-refractivity contribution in [3.8, 4) is 0 Å². The SMILES string of the molecule is C=c1oc2c(=O)[nH]c(C3CCN(C(=O)c4ccncc4)CC3)nc2/c1=C/C(Br)=C\C. The number of amides is 1. The summed E-state index contributed by atoms with van der Waals surface area (Å²) in [4.78, 5) is 38.6. The van der Waals surface area contributed by atoms with Crippen molar-refractivity contribution in [1.82, 2.24) is 19.9 Å². The minimum absolute atomic E-state index is 0.00243. The molecule has 0 radical (unpaired) electrons. The number of H-pyrrole nitrogens is 1. The van der Waals surface area contributed by atoms with Gasteiger partial charge in [-0.1, -0.05) is 28.6 Å². The smallest absolute Gasteiger partial charge is 0.294 e. The number of carbonyl (C=O) groups excluding carboxylic acids is 1. The van der Waals surface area contributed by atoms with Crippen LogP contribution >= 0.6 is 15.9 Å². The quantitative estimate of drug-likeness (QED) is 0.636. The van der Waals surface area contributed by atoms with Gasteiger partial charge in [0.2, 0.25) is 5.58 Å². The lowest BCUT2D eigenvalue weighted by atomic mass is 9.95. The molecule has 0 spiro atoms. The molecule has 1 saturated heterocycles. The summed E-state index contributed by atoms with van der Waals surface area (Å²) in [6.07, 6.45) is 8.41. The van der Waals surface area contributed by atoms with Crippen molar-refractivity contribution in [1.29, 1.82) is 0 Å². The van der Waals surface area contributed by atoms with E-state index in [0.717, 1.165) is 17.3 Å². The Balaban J connectivity index is 1.61. The summed E-state index contributed by atoms with van der Waals surface area (Å²) < 4.78 is 6.41. The number of hydrogen-bond donors (Lipinski definition) is 1. The molecule has 7 nitrogen and oxygen atoms in total. The van der Waals surface area contributed by atoms with Crippen molar-refractivity contribution in [2.75, 3.05) is 13.1 Å². The lowest BCUT2D eigenvalue weighted by Gasteiger charge is -2.31. The monoisotopic (exact) mass is 468 g/mol. The van der Waals surface area contributed by atoms with E-state index < -0.39 is 0 Å². The Hall–Kier alpha value is -3.00. The molecule has 0 bridgehead atoms. The summed E-state index contributed by atoms with van der Waals surface area (Å²) in [5, 5.41) is 0.688. The Labute approximate surface area is 181 Å². The van der Waals surface area contributed by atoms with Crippen LogP contribution in [0.15, 0.2) is 44.3 Å². The minimum atomic E-state index is -0.313. The first-order valence-corrected chi connectivity index (χ1v) is 10.5. The number of aromatic nitrogens is 3. The first-order valence-electron chi connectivity index (χ1n) is 9.72. The third-order valence-electron chi connectivity index (χ3n) is 5.33. The van der Waals surface area contributed by atoms with Crippen molar-refractivity contribution < 1.29 is 9.21 Å². The Kier molecular flexibility index (Phi) is 5.67. The lowest BCUT2D eigenvalue weighted by molar-refractivity contribution is 0.0711. The summed E-state index contributed by atoms with van der Waals surface area (Å²) in [5.74, 6) is 0.678. The number of nitrogens with zero attached hydrogens (tertiary/aromatic N) is 3. The number of carbonyl (C=O) groups is 1. The van der Waals surface area contributed by atoms with Gasteiger partial charge < -0.3 is 14.3 Å². The third kappa shape index (κ3) is 3.87. The van der Waals surface area contributed by atoms with Crippen molar-refractivity contribution in [3.63, 3.8) is 0 Å². The van der Waals surface area contributed by atoms with Crippen LogP contribution < -0.4 is 16.2 Å². The van der Waals surface area contributed by atoms with E-state index in [4.69, 9.17) is 9.40 Å². The molecule has 0 unspecified atom stereocenters. The highest BCUT2D eigenvalue weighted by Gasteiger charge is 2.26. The fraction of sp³-hybridized carbons (Fsp3) is 0.273. The van der Waals surface area contributed by atoms with E-state index in [1.165, 1.54) is 0 Å². The first-order chi connectivity index (χ1) is 14.5. The predicted molar refractivity (Wildman–Crippen MR) is 119 cm³/mol. The molecular formula is C22H21BrN4O3. The van der Waals surface area contributed by atoms with Gasteiger partial charge >= 0.3 is 0 Å². The Bertz CT molecular complexity index is 1290. The third-order valence-corrected chi connectivity index (χ3v) is 6.02. The molecule has 0 aliphatic carbocycles. The molecule has 8 heteroatoms. The van der Waals surface area contributed by atoms with Crippen LogP contribution in [0.25, 0.3) is 23.8 Å². The number of likely N-dealkylation sites (tertiary alicyclic amines) is 1. The van der Waals surface area contributed by atoms with Crippen molar-refractivity contribution >= 4 is 45.6 Å². The molecule has 3 aromatic rings. The first kappa shape index (κ1) is 20.3. The molecule has 30 heavy (non-hydrogen) atoms. The maximum Gasteiger partial charge on any atom is 0.294 e. The fourth-order valence-corrected chi connectivity index (χ4v) is 3.89. The molecule has 1 fully saturated rings. The fourth-order valence-electron chi connectivity index (χ4n) is 3.66. The van der Waals surface area contributed by atoms with E-state index in [9.17, 15) is 9.59 Å². The van der Waals surface area contributed by atoms with Crippen LogP contribution in [0.3, 0.4) is 0 Å². The predicted octanol–water partition coefficient (Wildman–Crippen LogP) is 2.42. The average molecular weight is 469 g/mol. The molecule has 0 atom stereocenters. The Morgan fingerprint density at radius 1 is 1.33 bits per heavy atom. The van der Waals surface area contributed by atoms with E-state index >= 15 is 0 Å². The van der Waals surface area contributed by atoms with Gasteiger partial charge in [-0.05, 0) is 38.0 Å². The number of hydrogen-bond acceptors (Lipinski definition) is 5. The Morgan fingerprint density at radius 2 is 2.03 bits per heavy atom. The van der Waals surface area contributed by atoms with Crippen LogP contribution in [0.4, 0.5) is 0 Å². The number of nitrogens with one attached hydrogen (secondary N) is 1. The van der Waals surface area contributed by atoms with Crippen LogP contribution in [0.5, 0.6) is 0 Å². The van der Waals surface area contributed by atoms with Gasteiger partial charge in [0.15, 0.2) is 0 Å². The average Bonchev–Trinajstić information content (AvgIpc) is 3.09. The number of pyridine rings is 1. The van der Waals surface area contributed by atoms with E-state index in [1.807, 2.05) is 24.0 Å². The van der Waals surface area contributed by atoms with Gasteiger partial charge in [0.1, 0.15) is 16.8 Å². The Morgan fingerprint density at radius 3 is 2.70 bits per heavy atom. The number of rotatable bonds is 3. The number of aromatic amines is 1. The summed E-state index contributed by atoms with van der Waals surface area (Å²) >= 11 is 3.45. The summed E-state index contributed by atoms with van der Waals surface area (Å²) in [6.45, 7) is 7.00. The molecule has 3 aromatic heterocycles. The molecule has 0 saturated carbocycles. The van der Waals surface area contributed by atoms with Gasteiger partial charge in [-0.3, -0.25) is 14.6 Å². The van der Waals surface area contributed by atoms with Crippen LogP contribution in [-0.2, 0) is 0 Å². The standard InChI is InChI=1S/C22H21BrN4O3/c1-3-16(23)12-17-13(2)30-19-18(17)25-20(26-21(19)28)14-6-10-27(11-7-14)22(29)15-4-8-24-9-5-15/h3-5,8-9,12,14H,2,6-7,10-11H2,1H3,(H,25,26,28)/b16-3+,17-12+. The number of allylic oxidation sites excluding steroid dienone is 2. The molecule has 0 aromatic carbocycles. The normalized spacial score (nSPS) is 16.4. The van der Waals surface area contributed by atoms with E-state index in [1.54, 1.807) is 24.5 Å². The maximum absolute atomic E-state index is 12.6. The van der Waals surface area contributed by atoms with E-state index in [0.29, 0.717) is 40.6 Å². The van der Waals surface area contributed by atoms with Crippen molar-refractivity contribution in [2.45, 2.75) is 25.7 Å². The van der Waals surface area contributed by atoms with Gasteiger partial charge in [-0.25, -0.2) is 4.98 Å². The highest BCUT2D eigenvalue weighted by atomic mass is 79.9. The second kappa shape index (κ2) is 8.39. The highest BCUT2D eigenvalue weighted by molar-refractivity contribution is 9.12. The molecule has 4 heterocycles. The molecule has 1 aliphatic rings. The lowest BCUT2D eigenvalue weighted by Crippen LogP contribution is -2.38. The maximum atomic E-state index is 12.6. The van der Waals surface area contributed by atoms with Crippen LogP contribution in [0.2, 0.25) is 0 Å². The zero-order valence-corrected chi connectivity index (χ0v) is 18.1. The second-order valence-corrected chi connectivity index (χ2v) is 8.10. The number of halogens is 1. The molecule has 1 N–H and O–H groups in total. The van der Waals surface area contributed by atoms with Crippen molar-refractivity contribution in [3.05, 3.63) is 67.5 Å². The highest BCUT2D eigenvalue weighted by Crippen LogP contribution is 2.26. The van der Waals surface area contributed by atoms with E-state index in [-0.39, 0.29) is 23.0 Å². The number of fused-ring (bicyclic) bond motifs is 1. The summed E-state index contributed by atoms with van der Waals surface area (Å²) in [7, 11) is 0. The van der Waals surface area contributed by atoms with Gasteiger partial charge in [0.25, 0.3) is 11.5 Å². The summed E-state index contributed by atoms with van der Waals surface area (Å²) in [5.41, 5.74) is 1.40. The molecular weight excluding hydrogens is 448 g/mol. The molecule has 1 amide bonds. The van der Waals surface area contributed by atoms with Gasteiger partial charge in [0, 0.05) is 46.7 Å². The van der Waals surface area contributed by atoms with Crippen LogP contribution in [0, 0.1) is 0 Å². The van der Waals surface area contributed by atoms with Gasteiger partial charge in [0.05, 0.1) is 0 Å². The molecule has 154 valence electrons. The van der Waals surface area contributed by atoms with Crippen molar-refractivity contribution in [2.24, 2.45) is 0 Å². The van der Waals surface area contributed by atoms with Crippen LogP contribution in [0.1, 0.15) is 41.9 Å². The summed E-state index contributed by atoms with van der Waals surface area (Å²) in [6, 6.07) is 3.44. The second-order valence-electron chi connectivity index (χ2n) is 7.19. The van der Waals surface area contributed by atoms with E-state index in [2.05, 4.69) is 32.5 Å². The minimum Gasteiger partial charge on any atom is -0.449 e. The molecule has 1 aliphatic heterocycles. The number of piperidine rings is 1. The number of furan rings is 1.